The number of thiocarbonyl (C=S) groups is 1. The first-order valence-corrected chi connectivity index (χ1v) is 4.30. The summed E-state index contributed by atoms with van der Waals surface area (Å²) in [6.07, 6.45) is -0.709. The molecule has 0 amide bonds. The Morgan fingerprint density at radius 1 is 1.67 bits per heavy atom. The second kappa shape index (κ2) is 6.30. The first-order chi connectivity index (χ1) is 5.60. The van der Waals surface area contributed by atoms with Crippen LogP contribution in [0.2, 0.25) is 0 Å². The fraction of sp³-hybridized carbons (Fsp3) is 0.857. The highest BCUT2D eigenvalue weighted by molar-refractivity contribution is 7.80. The molecule has 0 fully saturated rings. The lowest BCUT2D eigenvalue weighted by atomic mass is 10.3. The highest BCUT2D eigenvalue weighted by Gasteiger charge is 2.09. The molecule has 0 saturated carbocycles. The molecule has 4 nitrogen and oxygen atoms in total. The molecule has 0 heterocycles. The van der Waals surface area contributed by atoms with Crippen molar-refractivity contribution in [3.8, 4) is 0 Å². The molecule has 4 N–H and O–H groups in total. The van der Waals surface area contributed by atoms with E-state index in [1.807, 2.05) is 11.8 Å². The zero-order valence-corrected chi connectivity index (χ0v) is 8.05. The SMILES string of the molecule is CCN(CC(N)=S)CC(O)CO. The Morgan fingerprint density at radius 2 is 2.25 bits per heavy atom. The molecule has 0 rings (SSSR count). The Bertz CT molecular complexity index is 143. The monoisotopic (exact) mass is 192 g/mol. The quantitative estimate of drug-likeness (QED) is 0.468. The molecule has 5 heteroatoms. The number of likely N-dealkylation sites (N-methyl/N-ethyl adjacent to an activating group) is 1. The molecule has 0 saturated heterocycles. The van der Waals surface area contributed by atoms with Gasteiger partial charge in [0, 0.05) is 13.1 Å². The van der Waals surface area contributed by atoms with Gasteiger partial charge in [-0.1, -0.05) is 19.1 Å². The summed E-state index contributed by atoms with van der Waals surface area (Å²) >= 11 is 4.72. The Balaban J connectivity index is 3.74. The van der Waals surface area contributed by atoms with Crippen molar-refractivity contribution in [2.24, 2.45) is 5.73 Å². The summed E-state index contributed by atoms with van der Waals surface area (Å²) in [5, 5.41) is 17.7. The van der Waals surface area contributed by atoms with E-state index >= 15 is 0 Å². The molecule has 0 aromatic carbocycles. The molecule has 12 heavy (non-hydrogen) atoms. The summed E-state index contributed by atoms with van der Waals surface area (Å²) < 4.78 is 0. The Morgan fingerprint density at radius 3 is 2.58 bits per heavy atom. The smallest absolute Gasteiger partial charge is 0.0897 e. The number of rotatable bonds is 6. The van der Waals surface area contributed by atoms with Crippen LogP contribution in [-0.4, -0.2) is 52.4 Å². The van der Waals surface area contributed by atoms with Gasteiger partial charge in [0.1, 0.15) is 0 Å². The molecule has 0 spiro atoms. The number of aliphatic hydroxyl groups excluding tert-OH is 2. The number of hydrogen-bond donors (Lipinski definition) is 3. The van der Waals surface area contributed by atoms with Crippen LogP contribution < -0.4 is 5.73 Å². The standard InChI is InChI=1S/C7H16N2O2S/c1-2-9(4-7(8)12)3-6(11)5-10/h6,10-11H,2-5H2,1H3,(H2,8,12). The third kappa shape index (κ3) is 5.42. The van der Waals surface area contributed by atoms with Crippen molar-refractivity contribution >= 4 is 17.2 Å². The lowest BCUT2D eigenvalue weighted by Crippen LogP contribution is -2.39. The van der Waals surface area contributed by atoms with Crippen molar-refractivity contribution < 1.29 is 10.2 Å². The Hall–Kier alpha value is -0.230. The predicted octanol–water partition coefficient (Wildman–Crippen LogP) is -1.05. The van der Waals surface area contributed by atoms with E-state index in [9.17, 15) is 0 Å². The minimum absolute atomic E-state index is 0.228. The van der Waals surface area contributed by atoms with Gasteiger partial charge in [-0.05, 0) is 6.54 Å². The van der Waals surface area contributed by atoms with E-state index in [4.69, 9.17) is 28.2 Å². The molecule has 0 bridgehead atoms. The number of hydrogen-bond acceptors (Lipinski definition) is 4. The van der Waals surface area contributed by atoms with Crippen molar-refractivity contribution in [3.63, 3.8) is 0 Å². The molecular weight excluding hydrogens is 176 g/mol. The summed E-state index contributed by atoms with van der Waals surface area (Å²) in [5.74, 6) is 0. The molecule has 0 aliphatic carbocycles. The van der Waals surface area contributed by atoms with Crippen molar-refractivity contribution in [1.29, 1.82) is 0 Å². The zero-order chi connectivity index (χ0) is 9.56. The molecule has 0 aliphatic rings. The maximum absolute atomic E-state index is 9.10. The van der Waals surface area contributed by atoms with Crippen molar-refractivity contribution in [1.82, 2.24) is 4.90 Å². The lowest BCUT2D eigenvalue weighted by Gasteiger charge is -2.21. The number of nitrogens with two attached hydrogens (primary N) is 1. The highest BCUT2D eigenvalue weighted by Crippen LogP contribution is 1.91. The van der Waals surface area contributed by atoms with Crippen molar-refractivity contribution in [3.05, 3.63) is 0 Å². The highest BCUT2D eigenvalue weighted by atomic mass is 32.1. The van der Waals surface area contributed by atoms with Gasteiger partial charge < -0.3 is 15.9 Å². The van der Waals surface area contributed by atoms with E-state index in [1.54, 1.807) is 0 Å². The first kappa shape index (κ1) is 11.8. The number of aliphatic hydroxyl groups is 2. The molecular formula is C7H16N2O2S. The van der Waals surface area contributed by atoms with Gasteiger partial charge in [-0.15, -0.1) is 0 Å². The summed E-state index contributed by atoms with van der Waals surface area (Å²) in [4.78, 5) is 2.28. The van der Waals surface area contributed by atoms with E-state index in [0.717, 1.165) is 6.54 Å². The Kier molecular flexibility index (Phi) is 6.18. The fourth-order valence-electron chi connectivity index (χ4n) is 0.882. The van der Waals surface area contributed by atoms with Crippen LogP contribution in [0.5, 0.6) is 0 Å². The predicted molar refractivity (Wildman–Crippen MR) is 52.0 cm³/mol. The van der Waals surface area contributed by atoms with E-state index in [-0.39, 0.29) is 6.61 Å². The van der Waals surface area contributed by atoms with Crippen molar-refractivity contribution in [2.75, 3.05) is 26.2 Å². The summed E-state index contributed by atoms with van der Waals surface area (Å²) in [7, 11) is 0. The first-order valence-electron chi connectivity index (χ1n) is 3.89. The van der Waals surface area contributed by atoms with Gasteiger partial charge in [0.25, 0.3) is 0 Å². The average Bonchev–Trinajstić information content (AvgIpc) is 2.02. The average molecular weight is 192 g/mol. The van der Waals surface area contributed by atoms with E-state index in [0.29, 0.717) is 18.1 Å². The van der Waals surface area contributed by atoms with E-state index < -0.39 is 6.10 Å². The second-order valence-electron chi connectivity index (χ2n) is 2.63. The van der Waals surface area contributed by atoms with Gasteiger partial charge in [0.15, 0.2) is 0 Å². The second-order valence-corrected chi connectivity index (χ2v) is 3.15. The van der Waals surface area contributed by atoms with Crippen LogP contribution in [0.25, 0.3) is 0 Å². The largest absolute Gasteiger partial charge is 0.394 e. The van der Waals surface area contributed by atoms with Crippen LogP contribution in [0.3, 0.4) is 0 Å². The molecule has 0 aromatic heterocycles. The third-order valence-electron chi connectivity index (χ3n) is 1.51. The molecule has 0 aliphatic heterocycles. The van der Waals surface area contributed by atoms with Gasteiger partial charge in [-0.25, -0.2) is 0 Å². The molecule has 0 aromatic rings. The van der Waals surface area contributed by atoms with Crippen LogP contribution >= 0.6 is 12.2 Å². The molecule has 1 atom stereocenters. The molecule has 72 valence electrons. The maximum Gasteiger partial charge on any atom is 0.0897 e. The van der Waals surface area contributed by atoms with Crippen LogP contribution in [0.4, 0.5) is 0 Å². The summed E-state index contributed by atoms with van der Waals surface area (Å²) in [5.41, 5.74) is 5.33. The minimum atomic E-state index is -0.709. The number of nitrogens with zero attached hydrogens (tertiary/aromatic N) is 1. The normalized spacial score (nSPS) is 13.3. The topological polar surface area (TPSA) is 69.7 Å². The van der Waals surface area contributed by atoms with Crippen LogP contribution in [0.15, 0.2) is 0 Å². The van der Waals surface area contributed by atoms with Crippen LogP contribution in [-0.2, 0) is 0 Å². The molecule has 1 unspecified atom stereocenters. The zero-order valence-electron chi connectivity index (χ0n) is 7.23. The molecule has 0 radical (unpaired) electrons. The Labute approximate surface area is 78.0 Å². The van der Waals surface area contributed by atoms with Crippen molar-refractivity contribution in [2.45, 2.75) is 13.0 Å². The van der Waals surface area contributed by atoms with Gasteiger partial charge in [0.05, 0.1) is 17.7 Å². The minimum Gasteiger partial charge on any atom is -0.394 e. The third-order valence-corrected chi connectivity index (χ3v) is 1.64. The summed E-state index contributed by atoms with van der Waals surface area (Å²) in [6.45, 7) is 3.37. The lowest BCUT2D eigenvalue weighted by molar-refractivity contribution is 0.0652. The van der Waals surface area contributed by atoms with Gasteiger partial charge in [0.2, 0.25) is 0 Å². The van der Waals surface area contributed by atoms with Gasteiger partial charge in [-0.3, -0.25) is 4.90 Å². The maximum atomic E-state index is 9.10. The summed E-state index contributed by atoms with van der Waals surface area (Å²) in [6, 6.07) is 0. The van der Waals surface area contributed by atoms with Gasteiger partial charge >= 0.3 is 0 Å². The van der Waals surface area contributed by atoms with Crippen LogP contribution in [0, 0.1) is 0 Å². The van der Waals surface area contributed by atoms with E-state index in [1.165, 1.54) is 0 Å². The van der Waals surface area contributed by atoms with E-state index in [2.05, 4.69) is 0 Å². The fourth-order valence-corrected chi connectivity index (χ4v) is 1.06. The van der Waals surface area contributed by atoms with Gasteiger partial charge in [-0.2, -0.15) is 0 Å². The van der Waals surface area contributed by atoms with Crippen LogP contribution in [0.1, 0.15) is 6.92 Å².